The number of alkyl halides is 6. The molecule has 1 atom stereocenters. The Morgan fingerprint density at radius 3 is 2.08 bits per heavy atom. The van der Waals surface area contributed by atoms with Crippen molar-refractivity contribution in [1.82, 2.24) is 4.90 Å². The van der Waals surface area contributed by atoms with Crippen LogP contribution in [-0.4, -0.2) is 48.5 Å². The van der Waals surface area contributed by atoms with E-state index < -0.39 is 57.9 Å². The fraction of sp³-hybridized carbons (Fsp3) is 0.333. The first-order valence-electron chi connectivity index (χ1n) is 10.0. The lowest BCUT2D eigenvalue weighted by molar-refractivity contribution is -0.376. The Labute approximate surface area is 200 Å². The number of carbonyl (C=O) groups excluding carboxylic acids is 2. The van der Waals surface area contributed by atoms with Crippen LogP contribution < -0.4 is 10.4 Å². The van der Waals surface area contributed by atoms with Gasteiger partial charge >= 0.3 is 12.4 Å². The third kappa shape index (κ3) is 4.59. The molecule has 196 valence electrons. The minimum absolute atomic E-state index is 0.0967. The number of anilines is 1. The number of nitrogens with zero attached hydrogens (tertiary/aromatic N) is 1. The van der Waals surface area contributed by atoms with E-state index >= 15 is 0 Å². The molecule has 1 aliphatic heterocycles. The molecule has 1 unspecified atom stereocenters. The van der Waals surface area contributed by atoms with Crippen molar-refractivity contribution in [3.8, 4) is 0 Å². The van der Waals surface area contributed by atoms with Crippen molar-refractivity contribution >= 4 is 27.5 Å². The standard InChI is InChI=1S/C21H18F6N2O6S/c1-2-36(34,35)14-7-8-15-11(9-14)10-29(18(31)32)16(15)17(30)28-13-5-3-12(4-6-13)19(33,20(22,23)24)21(25,26)27/h3-9,16,33H,2,10H2,1H3,(H,28,30)(H,31,32)/p-1. The molecule has 0 saturated heterocycles. The van der Waals surface area contributed by atoms with Gasteiger partial charge in [-0.15, -0.1) is 0 Å². The maximum atomic E-state index is 13.0. The molecule has 0 saturated carbocycles. The molecule has 1 heterocycles. The highest BCUT2D eigenvalue weighted by atomic mass is 32.2. The molecule has 2 aromatic rings. The molecule has 0 aliphatic carbocycles. The van der Waals surface area contributed by atoms with Crippen molar-refractivity contribution in [2.75, 3.05) is 11.1 Å². The second kappa shape index (κ2) is 8.96. The zero-order valence-corrected chi connectivity index (χ0v) is 19.0. The van der Waals surface area contributed by atoms with Gasteiger partial charge in [0.15, 0.2) is 9.84 Å². The summed E-state index contributed by atoms with van der Waals surface area (Å²) in [5, 5.41) is 23.2. The van der Waals surface area contributed by atoms with Crippen LogP contribution in [0.3, 0.4) is 0 Å². The van der Waals surface area contributed by atoms with Crippen molar-refractivity contribution in [2.24, 2.45) is 0 Å². The van der Waals surface area contributed by atoms with Crippen molar-refractivity contribution in [3.63, 3.8) is 0 Å². The SMILES string of the molecule is CCS(=O)(=O)c1ccc2c(c1)CN(C(=O)[O-])C2C(=O)Nc1ccc(C(O)(C(F)(F)F)C(F)(F)F)cc1. The average Bonchev–Trinajstić information content (AvgIpc) is 3.17. The first-order valence-corrected chi connectivity index (χ1v) is 11.7. The Balaban J connectivity index is 1.92. The summed E-state index contributed by atoms with van der Waals surface area (Å²) < 4.78 is 102. The van der Waals surface area contributed by atoms with Gasteiger partial charge in [0.05, 0.1) is 10.6 Å². The van der Waals surface area contributed by atoms with Crippen LogP contribution in [-0.2, 0) is 26.8 Å². The van der Waals surface area contributed by atoms with E-state index in [-0.39, 0.29) is 27.5 Å². The molecule has 1 aliphatic rings. The Hall–Kier alpha value is -3.33. The molecule has 2 amide bonds. The van der Waals surface area contributed by atoms with Gasteiger partial charge in [0.1, 0.15) is 12.1 Å². The molecule has 0 radical (unpaired) electrons. The van der Waals surface area contributed by atoms with E-state index in [2.05, 4.69) is 5.32 Å². The second-order valence-corrected chi connectivity index (χ2v) is 10.1. The minimum Gasteiger partial charge on any atom is -0.530 e. The van der Waals surface area contributed by atoms with Gasteiger partial charge in [0.25, 0.3) is 11.5 Å². The summed E-state index contributed by atoms with van der Waals surface area (Å²) in [6.45, 7) is 1.01. The summed E-state index contributed by atoms with van der Waals surface area (Å²) in [4.78, 5) is 24.9. The summed E-state index contributed by atoms with van der Waals surface area (Å²) in [5.74, 6) is -1.26. The molecule has 3 rings (SSSR count). The van der Waals surface area contributed by atoms with Gasteiger partial charge in [-0.3, -0.25) is 4.79 Å². The lowest BCUT2D eigenvalue weighted by Gasteiger charge is -2.32. The highest BCUT2D eigenvalue weighted by molar-refractivity contribution is 7.91. The topological polar surface area (TPSA) is 127 Å². The van der Waals surface area contributed by atoms with Crippen molar-refractivity contribution in [1.29, 1.82) is 0 Å². The number of halogens is 6. The predicted octanol–water partition coefficient (Wildman–Crippen LogP) is 2.63. The number of hydrogen-bond acceptors (Lipinski definition) is 6. The van der Waals surface area contributed by atoms with Crippen LogP contribution in [0.5, 0.6) is 0 Å². The zero-order chi connectivity index (χ0) is 27.3. The van der Waals surface area contributed by atoms with Gasteiger partial charge < -0.3 is 25.2 Å². The summed E-state index contributed by atoms with van der Waals surface area (Å²) in [7, 11) is -3.64. The zero-order valence-electron chi connectivity index (χ0n) is 18.1. The van der Waals surface area contributed by atoms with Crippen molar-refractivity contribution < 1.29 is 54.6 Å². The smallest absolute Gasteiger partial charge is 0.430 e. The number of nitrogens with one attached hydrogen (secondary N) is 1. The Bertz CT molecular complexity index is 1280. The quantitative estimate of drug-likeness (QED) is 0.563. The summed E-state index contributed by atoms with van der Waals surface area (Å²) >= 11 is 0. The van der Waals surface area contributed by atoms with Crippen LogP contribution in [0, 0.1) is 0 Å². The van der Waals surface area contributed by atoms with Gasteiger partial charge in [0, 0.05) is 17.8 Å². The van der Waals surface area contributed by atoms with Crippen LogP contribution >= 0.6 is 0 Å². The van der Waals surface area contributed by atoms with Crippen molar-refractivity contribution in [3.05, 3.63) is 59.2 Å². The molecule has 0 aromatic heterocycles. The Morgan fingerprint density at radius 2 is 1.61 bits per heavy atom. The average molecular weight is 539 g/mol. The maximum absolute atomic E-state index is 13.0. The van der Waals surface area contributed by atoms with E-state index in [9.17, 15) is 54.6 Å². The molecule has 2 N–H and O–H groups in total. The van der Waals surface area contributed by atoms with E-state index in [0.29, 0.717) is 29.2 Å². The lowest BCUT2D eigenvalue weighted by atomic mass is 9.92. The number of carboxylic acid groups (broad SMARTS) is 1. The molecular weight excluding hydrogens is 522 g/mol. The van der Waals surface area contributed by atoms with Crippen LogP contribution in [0.25, 0.3) is 0 Å². The number of benzene rings is 2. The van der Waals surface area contributed by atoms with Gasteiger partial charge in [-0.05, 0) is 35.4 Å². The normalized spacial score (nSPS) is 16.6. The van der Waals surface area contributed by atoms with Gasteiger partial charge in [0.2, 0.25) is 0 Å². The predicted molar refractivity (Wildman–Crippen MR) is 109 cm³/mol. The van der Waals surface area contributed by atoms with Gasteiger partial charge in [-0.25, -0.2) is 8.42 Å². The maximum Gasteiger partial charge on any atom is 0.430 e. The Morgan fingerprint density at radius 1 is 1.06 bits per heavy atom. The minimum atomic E-state index is -6.09. The molecule has 36 heavy (non-hydrogen) atoms. The van der Waals surface area contributed by atoms with E-state index in [1.807, 2.05) is 0 Å². The van der Waals surface area contributed by atoms with Crippen LogP contribution in [0.1, 0.15) is 29.7 Å². The summed E-state index contributed by atoms with van der Waals surface area (Å²) in [6.07, 6.45) is -14.0. The molecule has 2 aromatic carbocycles. The van der Waals surface area contributed by atoms with Crippen molar-refractivity contribution in [2.45, 2.75) is 42.4 Å². The highest BCUT2D eigenvalue weighted by Gasteiger charge is 2.71. The number of hydrogen-bond donors (Lipinski definition) is 2. The number of rotatable bonds is 5. The highest BCUT2D eigenvalue weighted by Crippen LogP contribution is 2.50. The van der Waals surface area contributed by atoms with Crippen LogP contribution in [0.2, 0.25) is 0 Å². The molecule has 15 heteroatoms. The molecule has 0 fully saturated rings. The number of sulfone groups is 1. The summed E-state index contributed by atoms with van der Waals surface area (Å²) in [5.41, 5.74) is -6.69. The van der Waals surface area contributed by atoms with E-state index in [1.165, 1.54) is 25.1 Å². The van der Waals surface area contributed by atoms with E-state index in [0.717, 1.165) is 0 Å². The fourth-order valence-corrected chi connectivity index (χ4v) is 4.67. The molecule has 0 bridgehead atoms. The van der Waals surface area contributed by atoms with Gasteiger partial charge in [-0.2, -0.15) is 26.3 Å². The molecule has 0 spiro atoms. The number of aliphatic hydroxyl groups is 1. The van der Waals surface area contributed by atoms with E-state index in [4.69, 9.17) is 0 Å². The first-order chi connectivity index (χ1) is 16.4. The number of amides is 2. The third-order valence-electron chi connectivity index (χ3n) is 5.67. The number of fused-ring (bicyclic) bond motifs is 1. The summed E-state index contributed by atoms with van der Waals surface area (Å²) in [6, 6.07) is 4.07. The lowest BCUT2D eigenvalue weighted by Crippen LogP contribution is -2.53. The Kier molecular flexibility index (Phi) is 6.78. The van der Waals surface area contributed by atoms with Gasteiger partial charge in [-0.1, -0.05) is 25.1 Å². The molecule has 8 nitrogen and oxygen atoms in total. The van der Waals surface area contributed by atoms with Crippen LogP contribution in [0.4, 0.5) is 36.8 Å². The monoisotopic (exact) mass is 539 g/mol. The number of carbonyl (C=O) groups is 2. The largest absolute Gasteiger partial charge is 0.530 e. The second-order valence-electron chi connectivity index (χ2n) is 7.83. The van der Waals surface area contributed by atoms with E-state index in [1.54, 1.807) is 0 Å². The molecular formula is C21H17F6N2O6S-. The fourth-order valence-electron chi connectivity index (χ4n) is 3.73. The first kappa shape index (κ1) is 27.3. The van der Waals surface area contributed by atoms with Crippen LogP contribution in [0.15, 0.2) is 47.4 Å². The third-order valence-corrected chi connectivity index (χ3v) is 7.41.